The summed E-state index contributed by atoms with van der Waals surface area (Å²) in [7, 11) is 0. The highest BCUT2D eigenvalue weighted by Crippen LogP contribution is 2.19. The quantitative estimate of drug-likeness (QED) is 0.784. The molecular weight excluding hydrogens is 212 g/mol. The maximum Gasteiger partial charge on any atom is 0.311 e. The van der Waals surface area contributed by atoms with Gasteiger partial charge >= 0.3 is 5.97 Å². The molecule has 0 saturated carbocycles. The van der Waals surface area contributed by atoms with Gasteiger partial charge in [0.2, 0.25) is 0 Å². The van der Waals surface area contributed by atoms with Crippen LogP contribution in [0.3, 0.4) is 0 Å². The summed E-state index contributed by atoms with van der Waals surface area (Å²) < 4.78 is 4.86. The summed E-state index contributed by atoms with van der Waals surface area (Å²) in [6.07, 6.45) is 2.03. The van der Waals surface area contributed by atoms with Gasteiger partial charge in [-0.1, -0.05) is 0 Å². The van der Waals surface area contributed by atoms with Crippen molar-refractivity contribution in [1.29, 1.82) is 0 Å². The van der Waals surface area contributed by atoms with E-state index in [1.807, 2.05) is 13.8 Å². The zero-order valence-electron chi connectivity index (χ0n) is 9.24. The van der Waals surface area contributed by atoms with Crippen LogP contribution >= 0.6 is 11.3 Å². The van der Waals surface area contributed by atoms with Gasteiger partial charge in [0, 0.05) is 17.1 Å². The number of nitrogens with one attached hydrogen (secondary N) is 1. The van der Waals surface area contributed by atoms with Gasteiger partial charge in [-0.15, -0.1) is 11.3 Å². The van der Waals surface area contributed by atoms with Gasteiger partial charge in [-0.2, -0.15) is 0 Å². The van der Waals surface area contributed by atoms with Crippen LogP contribution in [-0.2, 0) is 16.0 Å². The number of carbonyl (C=O) groups is 1. The molecule has 0 spiro atoms. The van der Waals surface area contributed by atoms with Crippen LogP contribution in [0.25, 0.3) is 0 Å². The predicted molar refractivity (Wildman–Crippen MR) is 61.2 cm³/mol. The van der Waals surface area contributed by atoms with Crippen molar-refractivity contribution < 1.29 is 9.53 Å². The molecule has 0 aromatic carbocycles. The molecule has 0 atom stereocenters. The second kappa shape index (κ2) is 5.70. The monoisotopic (exact) mass is 228 g/mol. The van der Waals surface area contributed by atoms with Crippen LogP contribution in [0.15, 0.2) is 6.20 Å². The Balaban J connectivity index is 2.49. The summed E-state index contributed by atoms with van der Waals surface area (Å²) >= 11 is 1.49. The standard InChI is InChI=1S/C10H16N2O2S/c1-4-14-9(13)5-8-6-11-10(15-8)12-7(2)3/h6-7H,4-5H2,1-3H3,(H,11,12). The minimum atomic E-state index is -0.197. The van der Waals surface area contributed by atoms with Crippen LogP contribution in [0, 0.1) is 0 Å². The van der Waals surface area contributed by atoms with Crippen molar-refractivity contribution in [3.05, 3.63) is 11.1 Å². The third-order valence-corrected chi connectivity index (χ3v) is 2.52. The first-order chi connectivity index (χ1) is 7.11. The number of thiazole rings is 1. The Morgan fingerprint density at radius 3 is 3.00 bits per heavy atom. The average molecular weight is 228 g/mol. The van der Waals surface area contributed by atoms with Gasteiger partial charge in [0.05, 0.1) is 13.0 Å². The molecule has 1 heterocycles. The number of hydrogen-bond acceptors (Lipinski definition) is 5. The Morgan fingerprint density at radius 2 is 2.40 bits per heavy atom. The van der Waals surface area contributed by atoms with Gasteiger partial charge in [0.25, 0.3) is 0 Å². The summed E-state index contributed by atoms with van der Waals surface area (Å²) in [5, 5.41) is 4.04. The second-order valence-electron chi connectivity index (χ2n) is 3.41. The van der Waals surface area contributed by atoms with Crippen molar-refractivity contribution in [3.8, 4) is 0 Å². The molecule has 0 aliphatic rings. The lowest BCUT2D eigenvalue weighted by Crippen LogP contribution is -2.08. The molecule has 1 aromatic heterocycles. The van der Waals surface area contributed by atoms with Gasteiger partial charge in [-0.25, -0.2) is 4.98 Å². The SMILES string of the molecule is CCOC(=O)Cc1cnc(NC(C)C)s1. The molecule has 0 saturated heterocycles. The highest BCUT2D eigenvalue weighted by atomic mass is 32.1. The fraction of sp³-hybridized carbons (Fsp3) is 0.600. The Kier molecular flexibility index (Phi) is 4.55. The minimum absolute atomic E-state index is 0.197. The van der Waals surface area contributed by atoms with Crippen molar-refractivity contribution in [2.45, 2.75) is 33.2 Å². The zero-order valence-corrected chi connectivity index (χ0v) is 10.1. The van der Waals surface area contributed by atoms with Crippen molar-refractivity contribution in [2.75, 3.05) is 11.9 Å². The Labute approximate surface area is 93.7 Å². The predicted octanol–water partition coefficient (Wildman–Crippen LogP) is 2.07. The lowest BCUT2D eigenvalue weighted by atomic mass is 10.4. The lowest BCUT2D eigenvalue weighted by molar-refractivity contribution is -0.142. The number of ether oxygens (including phenoxy) is 1. The van der Waals surface area contributed by atoms with E-state index in [0.717, 1.165) is 10.0 Å². The molecule has 0 fully saturated rings. The maximum atomic E-state index is 11.2. The number of anilines is 1. The van der Waals surface area contributed by atoms with Gasteiger partial charge < -0.3 is 10.1 Å². The largest absolute Gasteiger partial charge is 0.466 e. The zero-order chi connectivity index (χ0) is 11.3. The summed E-state index contributed by atoms with van der Waals surface area (Å²) in [5.74, 6) is -0.197. The molecule has 0 radical (unpaired) electrons. The van der Waals surface area contributed by atoms with Crippen LogP contribution in [0.5, 0.6) is 0 Å². The number of esters is 1. The van der Waals surface area contributed by atoms with E-state index in [4.69, 9.17) is 4.74 Å². The van der Waals surface area contributed by atoms with Crippen molar-refractivity contribution in [3.63, 3.8) is 0 Å². The first kappa shape index (κ1) is 12.0. The first-order valence-corrected chi connectivity index (χ1v) is 5.80. The molecule has 0 aliphatic carbocycles. The molecular formula is C10H16N2O2S. The molecule has 1 rings (SSSR count). The molecule has 1 N–H and O–H groups in total. The van der Waals surface area contributed by atoms with E-state index in [1.165, 1.54) is 11.3 Å². The number of carbonyl (C=O) groups excluding carboxylic acids is 1. The third kappa shape index (κ3) is 4.29. The molecule has 5 heteroatoms. The van der Waals surface area contributed by atoms with E-state index in [2.05, 4.69) is 10.3 Å². The third-order valence-electron chi connectivity index (χ3n) is 1.59. The number of nitrogens with zero attached hydrogens (tertiary/aromatic N) is 1. The molecule has 15 heavy (non-hydrogen) atoms. The van der Waals surface area contributed by atoms with Gasteiger partial charge in [0.1, 0.15) is 0 Å². The van der Waals surface area contributed by atoms with E-state index >= 15 is 0 Å². The molecule has 4 nitrogen and oxygen atoms in total. The van der Waals surface area contributed by atoms with Crippen molar-refractivity contribution in [1.82, 2.24) is 4.98 Å². The van der Waals surface area contributed by atoms with Gasteiger partial charge in [0.15, 0.2) is 5.13 Å². The van der Waals surface area contributed by atoms with E-state index in [1.54, 1.807) is 13.1 Å². The number of aromatic nitrogens is 1. The summed E-state index contributed by atoms with van der Waals surface area (Å²) in [5.41, 5.74) is 0. The normalized spacial score (nSPS) is 10.4. The second-order valence-corrected chi connectivity index (χ2v) is 4.53. The fourth-order valence-electron chi connectivity index (χ4n) is 1.06. The molecule has 1 aromatic rings. The number of rotatable bonds is 5. The Morgan fingerprint density at radius 1 is 1.67 bits per heavy atom. The maximum absolute atomic E-state index is 11.2. The smallest absolute Gasteiger partial charge is 0.311 e. The molecule has 84 valence electrons. The van der Waals surface area contributed by atoms with Gasteiger partial charge in [-0.3, -0.25) is 4.79 Å². The molecule has 0 bridgehead atoms. The van der Waals surface area contributed by atoms with Crippen molar-refractivity contribution in [2.24, 2.45) is 0 Å². The molecule has 0 unspecified atom stereocenters. The van der Waals surface area contributed by atoms with E-state index in [-0.39, 0.29) is 5.97 Å². The Bertz CT molecular complexity index is 323. The van der Waals surface area contributed by atoms with Crippen LogP contribution in [0.2, 0.25) is 0 Å². The number of hydrogen-bond donors (Lipinski definition) is 1. The van der Waals surface area contributed by atoms with Crippen LogP contribution < -0.4 is 5.32 Å². The van der Waals surface area contributed by atoms with Crippen LogP contribution in [0.4, 0.5) is 5.13 Å². The van der Waals surface area contributed by atoms with Crippen LogP contribution in [0.1, 0.15) is 25.6 Å². The van der Waals surface area contributed by atoms with E-state index in [0.29, 0.717) is 19.1 Å². The van der Waals surface area contributed by atoms with Crippen LogP contribution in [-0.4, -0.2) is 23.6 Å². The Hall–Kier alpha value is -1.10. The van der Waals surface area contributed by atoms with E-state index < -0.39 is 0 Å². The topological polar surface area (TPSA) is 51.2 Å². The lowest BCUT2D eigenvalue weighted by Gasteiger charge is -2.04. The minimum Gasteiger partial charge on any atom is -0.466 e. The highest BCUT2D eigenvalue weighted by molar-refractivity contribution is 7.15. The summed E-state index contributed by atoms with van der Waals surface area (Å²) in [4.78, 5) is 16.3. The van der Waals surface area contributed by atoms with Crippen molar-refractivity contribution >= 4 is 22.4 Å². The summed E-state index contributed by atoms with van der Waals surface area (Å²) in [6, 6.07) is 0.353. The average Bonchev–Trinajstić information content (AvgIpc) is 2.51. The van der Waals surface area contributed by atoms with E-state index in [9.17, 15) is 4.79 Å². The first-order valence-electron chi connectivity index (χ1n) is 4.98. The fourth-order valence-corrected chi connectivity index (χ4v) is 2.00. The van der Waals surface area contributed by atoms with Gasteiger partial charge in [-0.05, 0) is 20.8 Å². The summed E-state index contributed by atoms with van der Waals surface area (Å²) in [6.45, 7) is 6.32. The molecule has 0 amide bonds. The highest BCUT2D eigenvalue weighted by Gasteiger charge is 2.08. The molecule has 0 aliphatic heterocycles.